The maximum absolute atomic E-state index is 11.8. The van der Waals surface area contributed by atoms with Gasteiger partial charge in [-0.05, 0) is 33.8 Å². The number of ether oxygens (including phenoxy) is 1. The summed E-state index contributed by atoms with van der Waals surface area (Å²) in [4.78, 5) is 26.6. The minimum Gasteiger partial charge on any atom is -0.478 e. The van der Waals surface area contributed by atoms with Crippen LogP contribution in [-0.2, 0) is 4.74 Å². The zero-order valence-electron chi connectivity index (χ0n) is 10.8. The molecule has 6 nitrogen and oxygen atoms in total. The molecule has 3 N–H and O–H groups in total. The summed E-state index contributed by atoms with van der Waals surface area (Å²) >= 11 is 0. The van der Waals surface area contributed by atoms with Crippen LogP contribution >= 0.6 is 0 Å². The van der Waals surface area contributed by atoms with E-state index in [4.69, 9.17) is 15.6 Å². The van der Waals surface area contributed by atoms with Gasteiger partial charge in [-0.3, -0.25) is 0 Å². The molecule has 0 radical (unpaired) electrons. The number of aromatic carboxylic acids is 1. The number of hydrogen-bond donors (Lipinski definition) is 2. The Morgan fingerprint density at radius 2 is 1.89 bits per heavy atom. The van der Waals surface area contributed by atoms with Crippen molar-refractivity contribution in [1.29, 1.82) is 0 Å². The van der Waals surface area contributed by atoms with E-state index in [1.165, 1.54) is 13.0 Å². The maximum Gasteiger partial charge on any atom is 0.342 e. The van der Waals surface area contributed by atoms with Crippen LogP contribution in [0.1, 0.15) is 47.2 Å². The number of nitrogens with zero attached hydrogens (tertiary/aromatic N) is 1. The molecule has 0 spiro atoms. The standard InChI is InChI=1S/C12H16N2O4/c1-6-7(10(15)16)5-8(9(13)14-6)11(17)18-12(2,3)4/h5H,1-4H3,(H2,13,14)(H,15,16). The molecule has 1 heterocycles. The SMILES string of the molecule is Cc1nc(N)c(C(=O)OC(C)(C)C)cc1C(=O)O. The molecule has 1 aromatic rings. The van der Waals surface area contributed by atoms with Gasteiger partial charge in [0.1, 0.15) is 17.0 Å². The zero-order chi connectivity index (χ0) is 14.1. The summed E-state index contributed by atoms with van der Waals surface area (Å²) < 4.78 is 5.13. The minimum absolute atomic E-state index is 0.0343. The number of pyridine rings is 1. The highest BCUT2D eigenvalue weighted by Crippen LogP contribution is 2.19. The van der Waals surface area contributed by atoms with Gasteiger partial charge in [-0.15, -0.1) is 0 Å². The Bertz CT molecular complexity index is 504. The molecule has 98 valence electrons. The second-order valence-corrected chi connectivity index (χ2v) is 4.86. The van der Waals surface area contributed by atoms with Crippen molar-refractivity contribution in [3.05, 3.63) is 22.9 Å². The molecule has 0 aliphatic carbocycles. The maximum atomic E-state index is 11.8. The topological polar surface area (TPSA) is 103 Å². The van der Waals surface area contributed by atoms with Gasteiger partial charge in [-0.1, -0.05) is 0 Å². The van der Waals surface area contributed by atoms with Crippen LogP contribution in [0.3, 0.4) is 0 Å². The van der Waals surface area contributed by atoms with Crippen LogP contribution in [0.15, 0.2) is 6.07 Å². The van der Waals surface area contributed by atoms with Crippen LogP contribution in [0.4, 0.5) is 5.82 Å². The molecule has 1 aromatic heterocycles. The monoisotopic (exact) mass is 252 g/mol. The zero-order valence-corrected chi connectivity index (χ0v) is 10.8. The lowest BCUT2D eigenvalue weighted by molar-refractivity contribution is 0.00704. The molecule has 0 unspecified atom stereocenters. The Kier molecular flexibility index (Phi) is 3.59. The number of nitrogen functional groups attached to an aromatic ring is 1. The van der Waals surface area contributed by atoms with Gasteiger partial charge in [0.15, 0.2) is 0 Å². The lowest BCUT2D eigenvalue weighted by Gasteiger charge is -2.20. The van der Waals surface area contributed by atoms with Crippen molar-refractivity contribution in [2.24, 2.45) is 0 Å². The first-order chi connectivity index (χ1) is 8.11. The number of carbonyl (C=O) groups is 2. The molecule has 0 aliphatic heterocycles. The van der Waals surface area contributed by atoms with Gasteiger partial charge in [-0.2, -0.15) is 0 Å². The van der Waals surface area contributed by atoms with Gasteiger partial charge in [0, 0.05) is 0 Å². The van der Waals surface area contributed by atoms with Gasteiger partial charge < -0.3 is 15.6 Å². The number of anilines is 1. The van der Waals surface area contributed by atoms with Crippen molar-refractivity contribution < 1.29 is 19.4 Å². The number of esters is 1. The van der Waals surface area contributed by atoms with Gasteiger partial charge in [0.25, 0.3) is 0 Å². The lowest BCUT2D eigenvalue weighted by Crippen LogP contribution is -2.25. The van der Waals surface area contributed by atoms with Crippen molar-refractivity contribution in [1.82, 2.24) is 4.98 Å². The average Bonchev–Trinajstić information content (AvgIpc) is 2.13. The first-order valence-electron chi connectivity index (χ1n) is 5.35. The number of carboxylic acids is 1. The van der Waals surface area contributed by atoms with Gasteiger partial charge in [0.2, 0.25) is 0 Å². The van der Waals surface area contributed by atoms with Crippen molar-refractivity contribution in [2.45, 2.75) is 33.3 Å². The molecule has 0 aromatic carbocycles. The van der Waals surface area contributed by atoms with Crippen LogP contribution in [0.5, 0.6) is 0 Å². The Morgan fingerprint density at radius 1 is 1.33 bits per heavy atom. The fourth-order valence-electron chi connectivity index (χ4n) is 1.34. The highest BCUT2D eigenvalue weighted by atomic mass is 16.6. The number of rotatable bonds is 2. The number of nitrogens with two attached hydrogens (primary N) is 1. The molecule has 0 atom stereocenters. The summed E-state index contributed by atoms with van der Waals surface area (Å²) in [5, 5.41) is 8.96. The molecule has 0 saturated heterocycles. The molecule has 6 heteroatoms. The first kappa shape index (κ1) is 14.0. The third kappa shape index (κ3) is 3.19. The van der Waals surface area contributed by atoms with Gasteiger partial charge in [0.05, 0.1) is 11.3 Å². The normalized spacial score (nSPS) is 11.1. The van der Waals surface area contributed by atoms with Crippen LogP contribution in [0.25, 0.3) is 0 Å². The van der Waals surface area contributed by atoms with Gasteiger partial charge >= 0.3 is 11.9 Å². The highest BCUT2D eigenvalue weighted by Gasteiger charge is 2.22. The third-order valence-corrected chi connectivity index (χ3v) is 2.09. The molecule has 0 aliphatic rings. The predicted octanol–water partition coefficient (Wildman–Crippen LogP) is 1.63. The van der Waals surface area contributed by atoms with E-state index < -0.39 is 17.5 Å². The second kappa shape index (κ2) is 4.64. The van der Waals surface area contributed by atoms with Crippen molar-refractivity contribution in [3.63, 3.8) is 0 Å². The fourth-order valence-corrected chi connectivity index (χ4v) is 1.34. The summed E-state index contributed by atoms with van der Waals surface area (Å²) in [6.07, 6.45) is 0. The molecule has 0 bridgehead atoms. The number of carbonyl (C=O) groups excluding carboxylic acids is 1. The summed E-state index contributed by atoms with van der Waals surface area (Å²) in [5.74, 6) is -1.88. The van der Waals surface area contributed by atoms with E-state index in [0.717, 1.165) is 0 Å². The van der Waals surface area contributed by atoms with E-state index in [9.17, 15) is 9.59 Å². The smallest absolute Gasteiger partial charge is 0.342 e. The number of carboxylic acid groups (broad SMARTS) is 1. The largest absolute Gasteiger partial charge is 0.478 e. The Labute approximate surface area is 105 Å². The summed E-state index contributed by atoms with van der Waals surface area (Å²) in [6.45, 7) is 6.64. The first-order valence-corrected chi connectivity index (χ1v) is 5.35. The van der Waals surface area contributed by atoms with Gasteiger partial charge in [-0.25, -0.2) is 14.6 Å². The summed E-state index contributed by atoms with van der Waals surface area (Å²) in [5.41, 5.74) is 5.08. The lowest BCUT2D eigenvalue weighted by atomic mass is 10.1. The van der Waals surface area contributed by atoms with E-state index >= 15 is 0 Å². The van der Waals surface area contributed by atoms with Crippen molar-refractivity contribution in [2.75, 3.05) is 5.73 Å². The van der Waals surface area contributed by atoms with Crippen LogP contribution in [-0.4, -0.2) is 27.6 Å². The van der Waals surface area contributed by atoms with Crippen molar-refractivity contribution in [3.8, 4) is 0 Å². The molecule has 18 heavy (non-hydrogen) atoms. The Hall–Kier alpha value is -2.11. The number of hydrogen-bond acceptors (Lipinski definition) is 5. The van der Waals surface area contributed by atoms with E-state index in [1.54, 1.807) is 20.8 Å². The fraction of sp³-hybridized carbons (Fsp3) is 0.417. The average molecular weight is 252 g/mol. The van der Waals surface area contributed by atoms with Crippen LogP contribution in [0.2, 0.25) is 0 Å². The number of aryl methyl sites for hydroxylation is 1. The summed E-state index contributed by atoms with van der Waals surface area (Å²) in [7, 11) is 0. The van der Waals surface area contributed by atoms with Crippen molar-refractivity contribution >= 4 is 17.8 Å². The molecule has 0 saturated carbocycles. The van der Waals surface area contributed by atoms with Crippen LogP contribution in [0, 0.1) is 6.92 Å². The highest BCUT2D eigenvalue weighted by molar-refractivity contribution is 5.98. The molecule has 0 fully saturated rings. The second-order valence-electron chi connectivity index (χ2n) is 4.86. The van der Waals surface area contributed by atoms with E-state index in [1.807, 2.05) is 0 Å². The van der Waals surface area contributed by atoms with E-state index in [0.29, 0.717) is 0 Å². The predicted molar refractivity (Wildman–Crippen MR) is 65.5 cm³/mol. The number of aromatic nitrogens is 1. The molecule has 1 rings (SSSR count). The molecular formula is C12H16N2O4. The molecular weight excluding hydrogens is 236 g/mol. The molecule has 0 amide bonds. The third-order valence-electron chi connectivity index (χ3n) is 2.09. The van der Waals surface area contributed by atoms with Crippen LogP contribution < -0.4 is 5.73 Å². The van der Waals surface area contributed by atoms with E-state index in [-0.39, 0.29) is 22.6 Å². The quantitative estimate of drug-likeness (QED) is 0.775. The Balaban J connectivity index is 3.21. The minimum atomic E-state index is -1.16. The Morgan fingerprint density at radius 3 is 2.33 bits per heavy atom. The summed E-state index contributed by atoms with van der Waals surface area (Å²) in [6, 6.07) is 1.19. The van der Waals surface area contributed by atoms with E-state index in [2.05, 4.69) is 4.98 Å².